The van der Waals surface area contributed by atoms with Gasteiger partial charge in [-0.15, -0.1) is 0 Å². The number of esters is 1. The lowest BCUT2D eigenvalue weighted by Crippen LogP contribution is -2.50. The third-order valence-electron chi connectivity index (χ3n) is 3.30. The molecule has 0 aromatic rings. The Morgan fingerprint density at radius 1 is 1.30 bits per heavy atom. The molecule has 0 spiro atoms. The molecule has 0 aliphatic heterocycles. The average Bonchev–Trinajstić information content (AvgIpc) is 2.40. The summed E-state index contributed by atoms with van der Waals surface area (Å²) in [4.78, 5) is 12.1. The molecule has 0 bridgehead atoms. The molecule has 0 radical (unpaired) electrons. The Labute approximate surface area is 129 Å². The van der Waals surface area contributed by atoms with E-state index in [2.05, 4.69) is 26.1 Å². The van der Waals surface area contributed by atoms with Crippen LogP contribution >= 0.6 is 11.8 Å². The van der Waals surface area contributed by atoms with Crippen LogP contribution < -0.4 is 5.32 Å². The van der Waals surface area contributed by atoms with Gasteiger partial charge in [0.05, 0.1) is 6.61 Å². The number of hydrogen-bond acceptors (Lipinski definition) is 4. The molecule has 0 saturated heterocycles. The molecule has 0 aliphatic rings. The summed E-state index contributed by atoms with van der Waals surface area (Å²) in [6, 6.07) is 0. The molecule has 3 nitrogen and oxygen atoms in total. The van der Waals surface area contributed by atoms with Gasteiger partial charge in [0.25, 0.3) is 0 Å². The van der Waals surface area contributed by atoms with Crippen LogP contribution in [0.5, 0.6) is 0 Å². The summed E-state index contributed by atoms with van der Waals surface area (Å²) in [5.41, 5.74) is -0.523. The summed E-state index contributed by atoms with van der Waals surface area (Å²) in [6.07, 6.45) is 4.20. The lowest BCUT2D eigenvalue weighted by Gasteiger charge is -2.28. The van der Waals surface area contributed by atoms with Crippen molar-refractivity contribution in [3.63, 3.8) is 0 Å². The van der Waals surface area contributed by atoms with Gasteiger partial charge in [0.2, 0.25) is 0 Å². The van der Waals surface area contributed by atoms with E-state index in [1.54, 1.807) is 0 Å². The van der Waals surface area contributed by atoms with Crippen LogP contribution in [0.4, 0.5) is 0 Å². The first-order valence-electron chi connectivity index (χ1n) is 7.96. The van der Waals surface area contributed by atoms with Gasteiger partial charge in [-0.05, 0) is 63.5 Å². The highest BCUT2D eigenvalue weighted by Crippen LogP contribution is 2.18. The van der Waals surface area contributed by atoms with Crippen LogP contribution in [-0.2, 0) is 9.53 Å². The standard InChI is InChI=1S/C16H33NO2S/c1-6-11-17-16(5,15(18)19-7-2)10-8-12-20-13-9-14(3)4/h14,17H,6-13H2,1-5H3. The second kappa shape index (κ2) is 11.4. The minimum atomic E-state index is -0.523. The van der Waals surface area contributed by atoms with E-state index in [1.807, 2.05) is 25.6 Å². The Balaban J connectivity index is 4.06. The monoisotopic (exact) mass is 303 g/mol. The zero-order chi connectivity index (χ0) is 15.4. The molecule has 1 unspecified atom stereocenters. The minimum absolute atomic E-state index is 0.111. The summed E-state index contributed by atoms with van der Waals surface area (Å²) in [7, 11) is 0. The van der Waals surface area contributed by atoms with E-state index in [9.17, 15) is 4.79 Å². The second-order valence-electron chi connectivity index (χ2n) is 5.88. The minimum Gasteiger partial charge on any atom is -0.465 e. The largest absolute Gasteiger partial charge is 0.465 e. The predicted molar refractivity (Wildman–Crippen MR) is 89.3 cm³/mol. The highest BCUT2D eigenvalue weighted by molar-refractivity contribution is 7.99. The van der Waals surface area contributed by atoms with Gasteiger partial charge in [-0.3, -0.25) is 4.79 Å². The van der Waals surface area contributed by atoms with E-state index in [0.29, 0.717) is 6.61 Å². The van der Waals surface area contributed by atoms with Crippen LogP contribution in [0.25, 0.3) is 0 Å². The number of carbonyl (C=O) groups excluding carboxylic acids is 1. The van der Waals surface area contributed by atoms with Crippen molar-refractivity contribution < 1.29 is 9.53 Å². The zero-order valence-corrected chi connectivity index (χ0v) is 14.8. The van der Waals surface area contributed by atoms with Crippen molar-refractivity contribution in [1.29, 1.82) is 0 Å². The van der Waals surface area contributed by atoms with Crippen LogP contribution in [0.1, 0.15) is 60.3 Å². The topological polar surface area (TPSA) is 38.3 Å². The van der Waals surface area contributed by atoms with Crippen molar-refractivity contribution in [3.8, 4) is 0 Å². The molecule has 0 fully saturated rings. The number of rotatable bonds is 12. The summed E-state index contributed by atoms with van der Waals surface area (Å²) in [5, 5.41) is 3.36. The number of hydrogen-bond donors (Lipinski definition) is 1. The maximum Gasteiger partial charge on any atom is 0.326 e. The van der Waals surface area contributed by atoms with Crippen LogP contribution in [0.2, 0.25) is 0 Å². The Morgan fingerprint density at radius 2 is 2.00 bits per heavy atom. The summed E-state index contributed by atoms with van der Waals surface area (Å²) >= 11 is 1.99. The van der Waals surface area contributed by atoms with E-state index >= 15 is 0 Å². The van der Waals surface area contributed by atoms with Crippen LogP contribution in [0.3, 0.4) is 0 Å². The van der Waals surface area contributed by atoms with E-state index in [1.165, 1.54) is 12.2 Å². The SMILES string of the molecule is CCCNC(C)(CCCSCCC(C)C)C(=O)OCC. The number of carbonyl (C=O) groups is 1. The lowest BCUT2D eigenvalue weighted by atomic mass is 9.96. The van der Waals surface area contributed by atoms with Crippen LogP contribution in [0.15, 0.2) is 0 Å². The van der Waals surface area contributed by atoms with Gasteiger partial charge < -0.3 is 10.1 Å². The maximum atomic E-state index is 12.1. The Bertz CT molecular complexity index is 259. The first-order valence-corrected chi connectivity index (χ1v) is 9.11. The fourth-order valence-electron chi connectivity index (χ4n) is 1.90. The van der Waals surface area contributed by atoms with E-state index in [-0.39, 0.29) is 5.97 Å². The molecule has 1 atom stereocenters. The van der Waals surface area contributed by atoms with E-state index in [0.717, 1.165) is 37.5 Å². The van der Waals surface area contributed by atoms with Gasteiger partial charge in [0, 0.05) is 0 Å². The molecule has 0 aromatic heterocycles. The number of nitrogens with one attached hydrogen (secondary N) is 1. The zero-order valence-electron chi connectivity index (χ0n) is 14.0. The van der Waals surface area contributed by atoms with Gasteiger partial charge in [-0.1, -0.05) is 20.8 Å². The third-order valence-corrected chi connectivity index (χ3v) is 4.40. The van der Waals surface area contributed by atoms with Gasteiger partial charge in [-0.25, -0.2) is 0 Å². The molecular formula is C16H33NO2S. The highest BCUT2D eigenvalue weighted by atomic mass is 32.2. The third kappa shape index (κ3) is 8.85. The van der Waals surface area contributed by atoms with Crippen molar-refractivity contribution in [2.45, 2.75) is 65.8 Å². The number of ether oxygens (including phenoxy) is 1. The summed E-state index contributed by atoms with van der Waals surface area (Å²) in [6.45, 7) is 11.8. The van der Waals surface area contributed by atoms with Crippen molar-refractivity contribution in [2.24, 2.45) is 5.92 Å². The molecule has 0 aromatic carbocycles. The molecular weight excluding hydrogens is 270 g/mol. The Kier molecular flexibility index (Phi) is 11.3. The van der Waals surface area contributed by atoms with Crippen LogP contribution in [0, 0.1) is 5.92 Å². The molecule has 20 heavy (non-hydrogen) atoms. The van der Waals surface area contributed by atoms with Crippen molar-refractivity contribution >= 4 is 17.7 Å². The Morgan fingerprint density at radius 3 is 2.55 bits per heavy atom. The molecule has 0 amide bonds. The van der Waals surface area contributed by atoms with E-state index in [4.69, 9.17) is 4.74 Å². The second-order valence-corrected chi connectivity index (χ2v) is 7.10. The first kappa shape index (κ1) is 19.8. The average molecular weight is 304 g/mol. The fourth-order valence-corrected chi connectivity index (χ4v) is 3.09. The highest BCUT2D eigenvalue weighted by Gasteiger charge is 2.33. The predicted octanol–water partition coefficient (Wildman–Crippen LogP) is 3.87. The normalized spacial score (nSPS) is 14.3. The molecule has 120 valence electrons. The summed E-state index contributed by atoms with van der Waals surface area (Å²) < 4.78 is 5.21. The molecule has 1 N–H and O–H groups in total. The van der Waals surface area contributed by atoms with Gasteiger partial charge in [-0.2, -0.15) is 11.8 Å². The lowest BCUT2D eigenvalue weighted by molar-refractivity contribution is -0.150. The first-order chi connectivity index (χ1) is 9.46. The van der Waals surface area contributed by atoms with Crippen molar-refractivity contribution in [2.75, 3.05) is 24.7 Å². The van der Waals surface area contributed by atoms with Gasteiger partial charge >= 0.3 is 5.97 Å². The smallest absolute Gasteiger partial charge is 0.326 e. The van der Waals surface area contributed by atoms with Gasteiger partial charge in [0.15, 0.2) is 0 Å². The molecule has 4 heteroatoms. The quantitative estimate of drug-likeness (QED) is 0.439. The molecule has 0 heterocycles. The number of thioether (sulfide) groups is 1. The maximum absolute atomic E-state index is 12.1. The molecule has 0 aliphatic carbocycles. The Hall–Kier alpha value is -0.220. The molecule has 0 saturated carbocycles. The van der Waals surface area contributed by atoms with Crippen LogP contribution in [-0.4, -0.2) is 36.2 Å². The van der Waals surface area contributed by atoms with Crippen molar-refractivity contribution in [1.82, 2.24) is 5.32 Å². The van der Waals surface area contributed by atoms with Gasteiger partial charge in [0.1, 0.15) is 5.54 Å². The fraction of sp³-hybridized carbons (Fsp3) is 0.938. The summed E-state index contributed by atoms with van der Waals surface area (Å²) in [5.74, 6) is 3.00. The van der Waals surface area contributed by atoms with E-state index < -0.39 is 5.54 Å². The van der Waals surface area contributed by atoms with Crippen molar-refractivity contribution in [3.05, 3.63) is 0 Å². The molecule has 0 rings (SSSR count).